The van der Waals surface area contributed by atoms with Gasteiger partial charge in [-0.3, -0.25) is 4.79 Å². The zero-order chi connectivity index (χ0) is 10.5. The van der Waals surface area contributed by atoms with Gasteiger partial charge < -0.3 is 5.32 Å². The Bertz CT molecular complexity index is 163. The summed E-state index contributed by atoms with van der Waals surface area (Å²) in [6, 6.07) is 0. The van der Waals surface area contributed by atoms with Crippen molar-refractivity contribution in [3.8, 4) is 0 Å². The molecule has 1 atom stereocenters. The van der Waals surface area contributed by atoms with E-state index in [0.717, 1.165) is 19.4 Å². The van der Waals surface area contributed by atoms with Crippen LogP contribution in [0.15, 0.2) is 0 Å². The third-order valence-corrected chi connectivity index (χ3v) is 2.40. The molecule has 78 valence electrons. The van der Waals surface area contributed by atoms with Crippen LogP contribution < -0.4 is 5.32 Å². The molecule has 0 amide bonds. The lowest BCUT2D eigenvalue weighted by atomic mass is 9.87. The lowest BCUT2D eigenvalue weighted by molar-refractivity contribution is -0.127. The maximum atomic E-state index is 11.9. The van der Waals surface area contributed by atoms with E-state index in [-0.39, 0.29) is 11.5 Å². The minimum atomic E-state index is -0.358. The van der Waals surface area contributed by atoms with Gasteiger partial charge in [-0.05, 0) is 26.8 Å². The van der Waals surface area contributed by atoms with Crippen molar-refractivity contribution in [3.05, 3.63) is 0 Å². The molecule has 0 rings (SSSR count). The van der Waals surface area contributed by atoms with Crippen LogP contribution in [0.2, 0.25) is 0 Å². The molecule has 0 fully saturated rings. The average molecular weight is 185 g/mol. The van der Waals surface area contributed by atoms with E-state index >= 15 is 0 Å². The summed E-state index contributed by atoms with van der Waals surface area (Å²) in [7, 11) is 0. The van der Waals surface area contributed by atoms with Crippen LogP contribution in [-0.4, -0.2) is 17.9 Å². The first kappa shape index (κ1) is 12.6. The smallest absolute Gasteiger partial charge is 0.155 e. The molecule has 0 saturated heterocycles. The number of likely N-dealkylation sites (N-methyl/N-ethyl adjacent to an activating group) is 1. The van der Waals surface area contributed by atoms with Gasteiger partial charge in [0.05, 0.1) is 5.54 Å². The van der Waals surface area contributed by atoms with Crippen LogP contribution in [0.5, 0.6) is 0 Å². The van der Waals surface area contributed by atoms with Crippen LogP contribution in [0.3, 0.4) is 0 Å². The molecule has 0 aromatic carbocycles. The van der Waals surface area contributed by atoms with Crippen molar-refractivity contribution in [2.45, 2.75) is 53.0 Å². The second kappa shape index (κ2) is 5.38. The standard InChI is InChI=1S/C11H23NO/c1-6-8-9(3)10(13)11(4,5)12-7-2/h9,12H,6-8H2,1-5H3. The number of ketones is 1. The number of nitrogens with one attached hydrogen (secondary N) is 1. The Balaban J connectivity index is 4.21. The van der Waals surface area contributed by atoms with Crippen molar-refractivity contribution < 1.29 is 4.79 Å². The summed E-state index contributed by atoms with van der Waals surface area (Å²) in [5.74, 6) is 0.509. The second-order valence-corrected chi connectivity index (χ2v) is 4.21. The Morgan fingerprint density at radius 2 is 1.92 bits per heavy atom. The normalized spacial score (nSPS) is 14.2. The fourth-order valence-electron chi connectivity index (χ4n) is 1.71. The molecule has 0 aliphatic rings. The van der Waals surface area contributed by atoms with Gasteiger partial charge in [0.15, 0.2) is 5.78 Å². The van der Waals surface area contributed by atoms with Gasteiger partial charge in [-0.15, -0.1) is 0 Å². The van der Waals surface area contributed by atoms with Crippen LogP contribution in [-0.2, 0) is 4.79 Å². The van der Waals surface area contributed by atoms with E-state index < -0.39 is 0 Å². The molecule has 0 bridgehead atoms. The molecule has 1 unspecified atom stereocenters. The van der Waals surface area contributed by atoms with E-state index in [2.05, 4.69) is 12.2 Å². The van der Waals surface area contributed by atoms with Crippen molar-refractivity contribution in [3.63, 3.8) is 0 Å². The molecule has 2 heteroatoms. The van der Waals surface area contributed by atoms with Crippen molar-refractivity contribution in [2.24, 2.45) is 5.92 Å². The van der Waals surface area contributed by atoms with Crippen molar-refractivity contribution in [1.29, 1.82) is 0 Å². The zero-order valence-electron chi connectivity index (χ0n) is 9.61. The first-order valence-electron chi connectivity index (χ1n) is 5.25. The average Bonchev–Trinajstić information content (AvgIpc) is 2.03. The van der Waals surface area contributed by atoms with Crippen molar-refractivity contribution in [1.82, 2.24) is 5.32 Å². The molecular formula is C11H23NO. The molecule has 0 aromatic heterocycles. The topological polar surface area (TPSA) is 29.1 Å². The summed E-state index contributed by atoms with van der Waals surface area (Å²) in [5.41, 5.74) is -0.358. The minimum absolute atomic E-state index is 0.180. The highest BCUT2D eigenvalue weighted by molar-refractivity contribution is 5.89. The van der Waals surface area contributed by atoms with Gasteiger partial charge in [0.1, 0.15) is 0 Å². The summed E-state index contributed by atoms with van der Waals surface area (Å²) < 4.78 is 0. The van der Waals surface area contributed by atoms with Gasteiger partial charge in [-0.1, -0.05) is 27.2 Å². The molecule has 0 saturated carbocycles. The Labute approximate surface area is 82.1 Å². The summed E-state index contributed by atoms with van der Waals surface area (Å²) in [6.07, 6.45) is 2.07. The first-order valence-corrected chi connectivity index (χ1v) is 5.25. The van der Waals surface area contributed by atoms with Crippen LogP contribution in [0.25, 0.3) is 0 Å². The number of rotatable bonds is 6. The molecule has 0 spiro atoms. The first-order chi connectivity index (χ1) is 5.95. The molecular weight excluding hydrogens is 162 g/mol. The molecule has 1 N–H and O–H groups in total. The Hall–Kier alpha value is -0.370. The molecule has 0 aliphatic carbocycles. The maximum absolute atomic E-state index is 11.9. The van der Waals surface area contributed by atoms with Crippen molar-refractivity contribution in [2.75, 3.05) is 6.54 Å². The monoisotopic (exact) mass is 185 g/mol. The number of hydrogen-bond acceptors (Lipinski definition) is 2. The lowest BCUT2D eigenvalue weighted by Gasteiger charge is -2.27. The van der Waals surface area contributed by atoms with Gasteiger partial charge in [0, 0.05) is 5.92 Å². The van der Waals surface area contributed by atoms with E-state index in [1.165, 1.54) is 0 Å². The summed E-state index contributed by atoms with van der Waals surface area (Å²) in [6.45, 7) is 10.9. The third kappa shape index (κ3) is 3.90. The summed E-state index contributed by atoms with van der Waals surface area (Å²) >= 11 is 0. The highest BCUT2D eigenvalue weighted by atomic mass is 16.1. The second-order valence-electron chi connectivity index (χ2n) is 4.21. The molecule has 2 nitrogen and oxygen atoms in total. The fraction of sp³-hybridized carbons (Fsp3) is 0.909. The number of Topliss-reactive ketones (excluding diaryl/α,β-unsaturated/α-hetero) is 1. The predicted molar refractivity (Wildman–Crippen MR) is 56.8 cm³/mol. The van der Waals surface area contributed by atoms with E-state index in [1.54, 1.807) is 0 Å². The third-order valence-electron chi connectivity index (χ3n) is 2.40. The van der Waals surface area contributed by atoms with Gasteiger partial charge >= 0.3 is 0 Å². The van der Waals surface area contributed by atoms with E-state index in [9.17, 15) is 4.79 Å². The highest BCUT2D eigenvalue weighted by Gasteiger charge is 2.29. The molecule has 0 heterocycles. The van der Waals surface area contributed by atoms with Gasteiger partial charge in [-0.25, -0.2) is 0 Å². The van der Waals surface area contributed by atoms with Gasteiger partial charge in [-0.2, -0.15) is 0 Å². The number of carbonyl (C=O) groups excluding carboxylic acids is 1. The Kier molecular flexibility index (Phi) is 5.23. The van der Waals surface area contributed by atoms with E-state index in [4.69, 9.17) is 0 Å². The molecule has 0 aliphatic heterocycles. The highest BCUT2D eigenvalue weighted by Crippen LogP contribution is 2.15. The SMILES string of the molecule is CCCC(C)C(=O)C(C)(C)NCC. The fourth-order valence-corrected chi connectivity index (χ4v) is 1.71. The van der Waals surface area contributed by atoms with Crippen LogP contribution in [0.4, 0.5) is 0 Å². The van der Waals surface area contributed by atoms with Crippen LogP contribution >= 0.6 is 0 Å². The molecule has 0 radical (unpaired) electrons. The van der Waals surface area contributed by atoms with Gasteiger partial charge in [0.25, 0.3) is 0 Å². The molecule has 13 heavy (non-hydrogen) atoms. The quantitative estimate of drug-likeness (QED) is 0.688. The summed E-state index contributed by atoms with van der Waals surface area (Å²) in [4.78, 5) is 11.9. The number of carbonyl (C=O) groups is 1. The Morgan fingerprint density at radius 3 is 2.31 bits per heavy atom. The maximum Gasteiger partial charge on any atom is 0.155 e. The van der Waals surface area contributed by atoms with Crippen LogP contribution in [0, 0.1) is 5.92 Å². The Morgan fingerprint density at radius 1 is 1.38 bits per heavy atom. The number of hydrogen-bond donors (Lipinski definition) is 1. The summed E-state index contributed by atoms with van der Waals surface area (Å²) in [5, 5.41) is 3.21. The van der Waals surface area contributed by atoms with Gasteiger partial charge in [0.2, 0.25) is 0 Å². The predicted octanol–water partition coefficient (Wildman–Crippen LogP) is 2.38. The lowest BCUT2D eigenvalue weighted by Crippen LogP contribution is -2.48. The van der Waals surface area contributed by atoms with Crippen molar-refractivity contribution >= 4 is 5.78 Å². The largest absolute Gasteiger partial charge is 0.306 e. The van der Waals surface area contributed by atoms with E-state index in [0.29, 0.717) is 5.78 Å². The zero-order valence-corrected chi connectivity index (χ0v) is 9.61. The molecule has 0 aromatic rings. The minimum Gasteiger partial charge on any atom is -0.306 e. The van der Waals surface area contributed by atoms with E-state index in [1.807, 2.05) is 27.7 Å². The van der Waals surface area contributed by atoms with Crippen LogP contribution in [0.1, 0.15) is 47.5 Å².